The lowest BCUT2D eigenvalue weighted by Crippen LogP contribution is -2.61. The fourth-order valence-electron chi connectivity index (χ4n) is 17.0. The second kappa shape index (κ2) is 46.9. The summed E-state index contributed by atoms with van der Waals surface area (Å²) in [5, 5.41) is 39.2. The number of nitrogens with two attached hydrogens (primary N) is 2. The number of fused-ring (bicyclic) bond motifs is 9. The monoisotopic (exact) mass is 1820 g/mol. The second-order valence-corrected chi connectivity index (χ2v) is 35.4. The third-order valence-corrected chi connectivity index (χ3v) is 25.4. The topological polar surface area (TPSA) is 559 Å². The first kappa shape index (κ1) is 99.3. The molecule has 702 valence electrons. The summed E-state index contributed by atoms with van der Waals surface area (Å²) in [5.74, 6) is -16.1. The number of amides is 17. The van der Waals surface area contributed by atoms with Crippen molar-refractivity contribution in [3.8, 4) is 5.75 Å². The summed E-state index contributed by atoms with van der Waals surface area (Å²) >= 11 is 0.782. The van der Waals surface area contributed by atoms with Gasteiger partial charge in [0.15, 0.2) is 0 Å². The van der Waals surface area contributed by atoms with E-state index in [2.05, 4.69) is 73.1 Å². The number of aromatic hydroxyl groups is 1. The highest BCUT2D eigenvalue weighted by atomic mass is 32.2. The third kappa shape index (κ3) is 26.4. The lowest BCUT2D eigenvalue weighted by molar-refractivity contribution is -0.149. The Morgan fingerprint density at radius 3 is 1.57 bits per heavy atom. The van der Waals surface area contributed by atoms with Crippen LogP contribution < -0.4 is 64.6 Å². The number of aromatic amines is 3. The quantitative estimate of drug-likeness (QED) is 0.0464. The highest BCUT2D eigenvalue weighted by molar-refractivity contribution is 8.00. The summed E-state index contributed by atoms with van der Waals surface area (Å²) in [6.45, 7) is 7.90. The number of hydrogen-bond acceptors (Lipinski definition) is 20. The van der Waals surface area contributed by atoms with Crippen molar-refractivity contribution in [3.63, 3.8) is 0 Å². The molecule has 3 aromatic carbocycles. The number of likely N-dealkylation sites (N-methyl/N-ethyl adjacent to an activating group) is 3. The fourth-order valence-corrected chi connectivity index (χ4v) is 17.9. The minimum atomic E-state index is -1.74. The molecule has 14 atom stereocenters. The predicted molar refractivity (Wildman–Crippen MR) is 481 cm³/mol. The van der Waals surface area contributed by atoms with Gasteiger partial charge in [-0.25, -0.2) is 4.98 Å². The number of hydrogen-bond donors (Lipinski definition) is 16. The van der Waals surface area contributed by atoms with Gasteiger partial charge in [0.05, 0.1) is 25.0 Å². The van der Waals surface area contributed by atoms with Crippen molar-refractivity contribution in [1.82, 2.24) is 97.6 Å². The van der Waals surface area contributed by atoms with E-state index in [0.29, 0.717) is 69.9 Å². The van der Waals surface area contributed by atoms with Crippen LogP contribution in [0.15, 0.2) is 97.7 Å². The molecule has 4 saturated heterocycles. The maximum absolute atomic E-state index is 15.9. The van der Waals surface area contributed by atoms with E-state index in [1.165, 1.54) is 79.6 Å². The molecule has 0 spiro atoms. The lowest BCUT2D eigenvalue weighted by atomic mass is 9.99. The van der Waals surface area contributed by atoms with Crippen LogP contribution >= 0.6 is 11.8 Å². The van der Waals surface area contributed by atoms with E-state index in [1.807, 2.05) is 64.1 Å². The Balaban J connectivity index is 1.07. The van der Waals surface area contributed by atoms with Gasteiger partial charge in [-0.15, -0.1) is 11.8 Å². The lowest BCUT2D eigenvalue weighted by Gasteiger charge is -2.36. The number of thioether (sulfide) groups is 1. The summed E-state index contributed by atoms with van der Waals surface area (Å²) in [6.07, 6.45) is 6.57. The molecule has 3 aromatic heterocycles. The number of imidazole rings is 1. The van der Waals surface area contributed by atoms with Crippen LogP contribution in [0.4, 0.5) is 0 Å². The van der Waals surface area contributed by atoms with E-state index >= 15 is 43.2 Å². The van der Waals surface area contributed by atoms with E-state index in [4.69, 9.17) is 11.5 Å². The van der Waals surface area contributed by atoms with E-state index in [9.17, 15) is 43.5 Å². The van der Waals surface area contributed by atoms with Gasteiger partial charge in [0.2, 0.25) is 100 Å². The van der Waals surface area contributed by atoms with Crippen molar-refractivity contribution in [3.05, 3.63) is 120 Å². The van der Waals surface area contributed by atoms with Gasteiger partial charge in [-0.05, 0) is 112 Å². The molecule has 4 aliphatic rings. The van der Waals surface area contributed by atoms with E-state index < -0.39 is 209 Å². The number of phenolic OH excluding ortho intramolecular Hbond substituents is 1. The number of benzene rings is 3. The highest BCUT2D eigenvalue weighted by Gasteiger charge is 2.46. The largest absolute Gasteiger partial charge is 0.508 e. The highest BCUT2D eigenvalue weighted by Crippen LogP contribution is 2.28. The number of para-hydroxylation sites is 2. The first-order valence-electron chi connectivity index (χ1n) is 44.5. The van der Waals surface area contributed by atoms with Crippen LogP contribution in [0, 0.1) is 5.92 Å². The number of rotatable bonds is 21. The number of nitrogens with zero attached hydrogens (tertiary/aromatic N) is 6. The van der Waals surface area contributed by atoms with Gasteiger partial charge in [0.1, 0.15) is 90.3 Å². The van der Waals surface area contributed by atoms with Crippen LogP contribution in [0.2, 0.25) is 0 Å². The summed E-state index contributed by atoms with van der Waals surface area (Å²) in [7, 11) is 4.09. The molecule has 130 heavy (non-hydrogen) atoms. The van der Waals surface area contributed by atoms with E-state index in [1.54, 1.807) is 24.5 Å². The molecule has 4 fully saturated rings. The molecule has 40 heteroatoms. The van der Waals surface area contributed by atoms with Gasteiger partial charge >= 0.3 is 0 Å². The molecule has 17 amide bonds. The molecule has 6 aromatic rings. The Labute approximate surface area is 757 Å². The molecule has 7 heterocycles. The number of unbranched alkanes of at least 4 members (excludes halogenated alkanes) is 2. The molecule has 0 saturated carbocycles. The molecule has 18 N–H and O–H groups in total. The Morgan fingerprint density at radius 1 is 0.508 bits per heavy atom. The Hall–Kier alpha value is -12.9. The Kier molecular flexibility index (Phi) is 35.8. The van der Waals surface area contributed by atoms with E-state index in [0.717, 1.165) is 21.6 Å². The number of nitrogens with one attached hydrogen (secondary N) is 13. The first-order chi connectivity index (χ1) is 62.1. The molecule has 2 bridgehead atoms. The number of carbonyl (C=O) groups is 17. The maximum atomic E-state index is 15.9. The van der Waals surface area contributed by atoms with Gasteiger partial charge in [-0.2, -0.15) is 0 Å². The number of primary amides is 2. The maximum Gasteiger partial charge on any atom is 0.246 e. The van der Waals surface area contributed by atoms with Gasteiger partial charge in [0.25, 0.3) is 0 Å². The van der Waals surface area contributed by atoms with Gasteiger partial charge in [0, 0.05) is 112 Å². The van der Waals surface area contributed by atoms with Crippen LogP contribution in [0.25, 0.3) is 21.8 Å². The van der Waals surface area contributed by atoms with Crippen molar-refractivity contribution in [1.29, 1.82) is 0 Å². The predicted octanol–water partition coefficient (Wildman–Crippen LogP) is 0.419. The second-order valence-electron chi connectivity index (χ2n) is 34.4. The average Bonchev–Trinajstić information content (AvgIpc) is 1.78. The molecule has 0 unspecified atom stereocenters. The zero-order chi connectivity index (χ0) is 94.2. The normalized spacial score (nSPS) is 25.3. The van der Waals surface area contributed by atoms with Gasteiger partial charge in [-0.3, -0.25) is 81.5 Å². The summed E-state index contributed by atoms with van der Waals surface area (Å²) in [5.41, 5.74) is 14.6. The Morgan fingerprint density at radius 2 is 1.01 bits per heavy atom. The molecule has 10 rings (SSSR count). The Bertz CT molecular complexity index is 5060. The smallest absolute Gasteiger partial charge is 0.246 e. The van der Waals surface area contributed by atoms with Crippen LogP contribution in [0.3, 0.4) is 0 Å². The SMILES string of the molecule is CCCC[C@H]1C(=O)N(C)[C@@H](CCCC)C(=O)N[C@H]2CCCC[C@H](NC(=O)[C@H](Cc3c[nH]c4ccccc34)NC(=O)[C@@H]3CCCN3C(=O)[C@H](CC(C)C)NC(=O)[C@H](Cc3cnc[nH]3)NC(=O)[C@@H]3CCCN3C(=O)[C@H](CC(N)=O)NC(=O)[C@H](C)N(C)C(=O)[C@H](Cc3ccc(O)cc3)NC(=O)CSC[C@@H](C(=O)NCC(N)=O)NC2=O)C(=O)N[C@@H](Cc2c[nH]c3ccccc23)C(=O)N1C. The van der Waals surface area contributed by atoms with Gasteiger partial charge in [-0.1, -0.05) is 115 Å². The molecular weight excluding hydrogens is 1700 g/mol. The molecule has 39 nitrogen and oxygen atoms in total. The van der Waals surface area contributed by atoms with Crippen molar-refractivity contribution in [2.24, 2.45) is 17.4 Å². The summed E-state index contributed by atoms with van der Waals surface area (Å²) in [6, 6.07) is -0.348. The molecule has 4 aliphatic heterocycles. The van der Waals surface area contributed by atoms with Crippen LogP contribution in [0.1, 0.15) is 160 Å². The van der Waals surface area contributed by atoms with Crippen molar-refractivity contribution in [2.75, 3.05) is 52.3 Å². The van der Waals surface area contributed by atoms with Gasteiger partial charge < -0.3 is 109 Å². The first-order valence-corrected chi connectivity index (χ1v) is 45.7. The van der Waals surface area contributed by atoms with Crippen LogP contribution in [0.5, 0.6) is 5.75 Å². The standard InChI is InChI=1S/C90H123N21O18S/c1-9-11-27-70-83(122)100-62-26-18-17-25-61(79(118)105-67(40-54-44-95-60-24-16-14-22-58(54)60)87(126)109(8)73(28-12-10-2)90(129)108(70)7)99-81(120)63(39-53-43-94-59-23-15-13-21-57(53)59)101-84(123)71-29-19-35-110(71)88(127)65(37-50(3)4)104-82(121)64(41-55-45-93-49-97-55)102-85(124)72-30-20-36-111(72)89(128)68(42-74(91)113)103-77(116)51(5)107(6)86(125)66(38-52-31-33-56(112)34-32-52)98-76(115)48-130-47-69(106-80(62)119)78(117)96-46-75(92)114/h13-16,21-24,31-34,43-45,49-51,61-73,94-95,112H,9-12,17-20,25-30,35-42,46-48H2,1-8H3,(H2,91,113)(H2,92,114)(H,93,97)(H,96,117)(H,98,115)(H,99,120)(H,100,122)(H,101,123)(H,102,124)(H,103,116)(H,104,121)(H,105,118)(H,106,119)/t51-,61-,62-,63-,64-,65-,66-,67-,68-,69-,70-,71-,72-,73-/m0/s1. The number of H-pyrrole nitrogens is 3. The van der Waals surface area contributed by atoms with E-state index in [-0.39, 0.29) is 121 Å². The fraction of sp³-hybridized carbons (Fsp3) is 0.533. The van der Waals surface area contributed by atoms with Crippen molar-refractivity contribution < 1.29 is 86.6 Å². The third-order valence-electron chi connectivity index (χ3n) is 24.4. The zero-order valence-corrected chi connectivity index (χ0v) is 75.5. The number of aromatic nitrogens is 4. The molecule has 0 aliphatic carbocycles. The average molecular weight is 1820 g/mol. The zero-order valence-electron chi connectivity index (χ0n) is 74.7. The molecule has 0 radical (unpaired) electrons. The minimum Gasteiger partial charge on any atom is -0.508 e. The van der Waals surface area contributed by atoms with Crippen LogP contribution in [-0.4, -0.2) is 287 Å². The number of phenols is 1. The number of carbonyl (C=O) groups excluding carboxylic acids is 17. The summed E-state index contributed by atoms with van der Waals surface area (Å²) < 4.78 is 0. The van der Waals surface area contributed by atoms with Crippen LogP contribution in [-0.2, 0) is 107 Å². The minimum absolute atomic E-state index is 0.00530. The summed E-state index contributed by atoms with van der Waals surface area (Å²) in [4.78, 5) is 272. The van der Waals surface area contributed by atoms with Crippen molar-refractivity contribution >= 4 is 134 Å². The van der Waals surface area contributed by atoms with Crippen molar-refractivity contribution in [2.45, 2.75) is 248 Å². The molecular formula is C90H123N21O18S.